The molecule has 1 heterocycles. The molecule has 0 atom stereocenters. The number of halogens is 1. The van der Waals surface area contributed by atoms with Crippen LogP contribution >= 0.6 is 11.6 Å². The fourth-order valence-corrected chi connectivity index (χ4v) is 3.60. The molecule has 0 unspecified atom stereocenters. The molecule has 0 bridgehead atoms. The number of aliphatic hydroxyl groups excluding tert-OH is 2. The third-order valence-corrected chi connectivity index (χ3v) is 4.96. The zero-order valence-electron chi connectivity index (χ0n) is 14.3. The number of aliphatic hydroxyl groups is 2. The first-order valence-electron chi connectivity index (χ1n) is 8.60. The Balaban J connectivity index is 1.80. The van der Waals surface area contributed by atoms with Gasteiger partial charge < -0.3 is 10.2 Å². The van der Waals surface area contributed by atoms with Gasteiger partial charge >= 0.3 is 0 Å². The van der Waals surface area contributed by atoms with Crippen molar-refractivity contribution in [3.63, 3.8) is 0 Å². The number of carbonyl (C=O) groups excluding carboxylic acids is 2. The minimum absolute atomic E-state index is 0.00227. The lowest BCUT2D eigenvalue weighted by atomic mass is 9.94. The molecule has 0 aromatic heterocycles. The molecule has 0 aliphatic carbocycles. The number of nitrogens with zero attached hydrogens (tertiary/aromatic N) is 2. The van der Waals surface area contributed by atoms with Gasteiger partial charge in [0, 0.05) is 53.1 Å². The van der Waals surface area contributed by atoms with Gasteiger partial charge in [-0.15, -0.1) is 0 Å². The van der Waals surface area contributed by atoms with Crippen LogP contribution in [0.25, 0.3) is 10.8 Å². The lowest BCUT2D eigenvalue weighted by Gasteiger charge is -2.28. The lowest BCUT2D eigenvalue weighted by molar-refractivity contribution is 0.0600. The van der Waals surface area contributed by atoms with Crippen LogP contribution in [0.1, 0.15) is 27.1 Å². The van der Waals surface area contributed by atoms with E-state index in [-0.39, 0.29) is 31.6 Å². The normalized spacial score (nSPS) is 13.9. The maximum absolute atomic E-state index is 12.8. The van der Waals surface area contributed by atoms with E-state index in [0.29, 0.717) is 53.0 Å². The smallest absolute Gasteiger partial charge is 0.261 e. The predicted molar refractivity (Wildman–Crippen MR) is 99.6 cm³/mol. The maximum atomic E-state index is 12.8. The quantitative estimate of drug-likeness (QED) is 0.686. The van der Waals surface area contributed by atoms with Gasteiger partial charge in [-0.1, -0.05) is 23.7 Å². The first-order valence-corrected chi connectivity index (χ1v) is 8.97. The number of amides is 2. The number of benzene rings is 2. The van der Waals surface area contributed by atoms with Crippen molar-refractivity contribution in [2.24, 2.45) is 0 Å². The van der Waals surface area contributed by atoms with Crippen molar-refractivity contribution in [2.45, 2.75) is 6.42 Å². The lowest BCUT2D eigenvalue weighted by Crippen LogP contribution is -2.42. The highest BCUT2D eigenvalue weighted by Gasteiger charge is 2.32. The van der Waals surface area contributed by atoms with E-state index in [0.717, 1.165) is 0 Å². The molecule has 0 saturated heterocycles. The van der Waals surface area contributed by atoms with Gasteiger partial charge in [0.1, 0.15) is 0 Å². The summed E-state index contributed by atoms with van der Waals surface area (Å²) in [4.78, 5) is 28.8. The van der Waals surface area contributed by atoms with Crippen LogP contribution in [0.3, 0.4) is 0 Å². The molecule has 2 N–H and O–H groups in total. The Morgan fingerprint density at radius 1 is 0.923 bits per heavy atom. The second kappa shape index (κ2) is 8.14. The van der Waals surface area contributed by atoms with Gasteiger partial charge in [-0.3, -0.25) is 19.4 Å². The summed E-state index contributed by atoms with van der Waals surface area (Å²) in [5.41, 5.74) is 0.976. The van der Waals surface area contributed by atoms with Crippen LogP contribution < -0.4 is 0 Å². The van der Waals surface area contributed by atoms with Crippen LogP contribution in [0, 0.1) is 0 Å². The van der Waals surface area contributed by atoms with E-state index < -0.39 is 0 Å². The number of rotatable bonds is 8. The van der Waals surface area contributed by atoms with Crippen molar-refractivity contribution in [1.29, 1.82) is 0 Å². The van der Waals surface area contributed by atoms with E-state index in [1.807, 2.05) is 11.0 Å². The molecule has 0 spiro atoms. The zero-order valence-corrected chi connectivity index (χ0v) is 15.1. The van der Waals surface area contributed by atoms with Crippen molar-refractivity contribution in [2.75, 3.05) is 39.4 Å². The average Bonchev–Trinajstić information content (AvgIpc) is 2.64. The second-order valence-corrected chi connectivity index (χ2v) is 6.63. The van der Waals surface area contributed by atoms with Crippen LogP contribution in [0.15, 0.2) is 30.3 Å². The first-order chi connectivity index (χ1) is 12.6. The molecule has 3 rings (SSSR count). The van der Waals surface area contributed by atoms with Gasteiger partial charge in [0.15, 0.2) is 0 Å². The summed E-state index contributed by atoms with van der Waals surface area (Å²) in [5.74, 6) is -0.627. The van der Waals surface area contributed by atoms with Gasteiger partial charge in [-0.25, -0.2) is 0 Å². The van der Waals surface area contributed by atoms with E-state index in [4.69, 9.17) is 21.8 Å². The van der Waals surface area contributed by atoms with E-state index in [9.17, 15) is 9.59 Å². The zero-order chi connectivity index (χ0) is 18.7. The molecule has 0 saturated carbocycles. The van der Waals surface area contributed by atoms with Crippen LogP contribution in [-0.4, -0.2) is 71.2 Å². The molecule has 26 heavy (non-hydrogen) atoms. The summed E-state index contributed by atoms with van der Waals surface area (Å²) in [6, 6.07) is 8.64. The summed E-state index contributed by atoms with van der Waals surface area (Å²) < 4.78 is 0. The van der Waals surface area contributed by atoms with Gasteiger partial charge in [-0.2, -0.15) is 0 Å². The van der Waals surface area contributed by atoms with Crippen molar-refractivity contribution >= 4 is 34.2 Å². The summed E-state index contributed by atoms with van der Waals surface area (Å²) in [7, 11) is 0. The highest BCUT2D eigenvalue weighted by atomic mass is 35.5. The topological polar surface area (TPSA) is 81.1 Å². The van der Waals surface area contributed by atoms with E-state index in [2.05, 4.69) is 0 Å². The van der Waals surface area contributed by atoms with Gasteiger partial charge in [0.2, 0.25) is 0 Å². The van der Waals surface area contributed by atoms with Gasteiger partial charge in [0.25, 0.3) is 11.8 Å². The third-order valence-electron chi connectivity index (χ3n) is 4.63. The summed E-state index contributed by atoms with van der Waals surface area (Å²) in [6.45, 7) is 1.75. The van der Waals surface area contributed by atoms with Crippen molar-refractivity contribution in [3.8, 4) is 0 Å². The van der Waals surface area contributed by atoms with Gasteiger partial charge in [-0.05, 0) is 24.6 Å². The maximum Gasteiger partial charge on any atom is 0.261 e. The molecule has 2 aromatic carbocycles. The van der Waals surface area contributed by atoms with Crippen molar-refractivity contribution in [1.82, 2.24) is 9.80 Å². The summed E-state index contributed by atoms with van der Waals surface area (Å²) in [5, 5.41) is 20.0. The van der Waals surface area contributed by atoms with E-state index in [1.54, 1.807) is 24.3 Å². The molecule has 1 aliphatic heterocycles. The Labute approximate surface area is 156 Å². The van der Waals surface area contributed by atoms with Crippen LogP contribution in [0.4, 0.5) is 0 Å². The van der Waals surface area contributed by atoms with Crippen LogP contribution in [-0.2, 0) is 0 Å². The Morgan fingerprint density at radius 3 is 2.23 bits per heavy atom. The molecule has 0 radical (unpaired) electrons. The summed E-state index contributed by atoms with van der Waals surface area (Å²) in [6.07, 6.45) is 0.566. The molecule has 2 aromatic rings. The monoisotopic (exact) mass is 376 g/mol. The molecule has 138 valence electrons. The first kappa shape index (κ1) is 18.8. The fourth-order valence-electron chi connectivity index (χ4n) is 3.38. The van der Waals surface area contributed by atoms with Crippen molar-refractivity contribution < 1.29 is 19.8 Å². The number of hydrogen-bond donors (Lipinski definition) is 2. The summed E-state index contributed by atoms with van der Waals surface area (Å²) >= 11 is 6.21. The molecule has 6 nitrogen and oxygen atoms in total. The predicted octanol–water partition coefficient (Wildman–Crippen LogP) is 1.77. The molecular weight excluding hydrogens is 356 g/mol. The Bertz CT molecular complexity index is 811. The molecule has 1 aliphatic rings. The Hall–Kier alpha value is -1.99. The average molecular weight is 377 g/mol. The largest absolute Gasteiger partial charge is 0.395 e. The standard InChI is InChI=1S/C19H21ClN2O4/c20-16-6-5-15-17-13(16)3-1-4-14(17)18(25)22(19(15)26)8-2-7-21(9-11-23)10-12-24/h1,3-6,23-24H,2,7-12H2. The SMILES string of the molecule is O=C1c2cccc3c(Cl)ccc(c23)C(=O)N1CCCN(CCO)CCO. The third kappa shape index (κ3) is 3.46. The second-order valence-electron chi connectivity index (χ2n) is 6.23. The molecule has 2 amide bonds. The van der Waals surface area contributed by atoms with E-state index >= 15 is 0 Å². The van der Waals surface area contributed by atoms with Crippen LogP contribution in [0.5, 0.6) is 0 Å². The number of imide groups is 1. The Morgan fingerprint density at radius 2 is 1.58 bits per heavy atom. The van der Waals surface area contributed by atoms with Crippen LogP contribution in [0.2, 0.25) is 5.02 Å². The highest BCUT2D eigenvalue weighted by molar-refractivity contribution is 6.38. The number of hydrogen-bond acceptors (Lipinski definition) is 5. The minimum Gasteiger partial charge on any atom is -0.395 e. The van der Waals surface area contributed by atoms with Crippen molar-refractivity contribution in [3.05, 3.63) is 46.5 Å². The highest BCUT2D eigenvalue weighted by Crippen LogP contribution is 2.34. The number of carbonyl (C=O) groups is 2. The fraction of sp³-hybridized carbons (Fsp3) is 0.368. The molecule has 7 heteroatoms. The van der Waals surface area contributed by atoms with Gasteiger partial charge in [0.05, 0.1) is 13.2 Å². The molecular formula is C19H21ClN2O4. The Kier molecular flexibility index (Phi) is 5.88. The minimum atomic E-state index is -0.314. The van der Waals surface area contributed by atoms with E-state index in [1.165, 1.54) is 4.90 Å². The molecule has 0 fully saturated rings.